The molecule has 5 heteroatoms. The quantitative estimate of drug-likeness (QED) is 0.639. The van der Waals surface area contributed by atoms with Crippen molar-refractivity contribution >= 4 is 11.8 Å². The van der Waals surface area contributed by atoms with E-state index in [0.29, 0.717) is 6.42 Å². The van der Waals surface area contributed by atoms with Crippen LogP contribution in [-0.2, 0) is 14.3 Å². The lowest BCUT2D eigenvalue weighted by Crippen LogP contribution is -2.50. The minimum Gasteiger partial charge on any atom is -0.462 e. The van der Waals surface area contributed by atoms with Crippen LogP contribution in [0.25, 0.3) is 0 Å². The van der Waals surface area contributed by atoms with Gasteiger partial charge in [-0.1, -0.05) is 13.8 Å². The number of hydrogen-bond acceptors (Lipinski definition) is 5. The zero-order valence-corrected chi connectivity index (χ0v) is 10.3. The van der Waals surface area contributed by atoms with Crippen LogP contribution in [0.4, 0.5) is 0 Å². The first-order valence-electron chi connectivity index (χ1n) is 5.32. The molecule has 0 rings (SSSR count). The van der Waals surface area contributed by atoms with Gasteiger partial charge in [-0.2, -0.15) is 0 Å². The first-order valence-corrected chi connectivity index (χ1v) is 5.32. The fraction of sp³-hybridized carbons (Fsp3) is 0.818. The van der Waals surface area contributed by atoms with Crippen molar-refractivity contribution in [3.63, 3.8) is 0 Å². The van der Waals surface area contributed by atoms with E-state index < -0.39 is 23.4 Å². The van der Waals surface area contributed by atoms with Crippen LogP contribution in [-0.4, -0.2) is 35.1 Å². The molecule has 3 N–H and O–H groups in total. The number of ketones is 1. The summed E-state index contributed by atoms with van der Waals surface area (Å²) in [7, 11) is 0. The molecule has 0 aromatic heterocycles. The fourth-order valence-electron chi connectivity index (χ4n) is 1.33. The Hall–Kier alpha value is -0.940. The van der Waals surface area contributed by atoms with Crippen LogP contribution in [0, 0.1) is 5.92 Å². The lowest BCUT2D eigenvalue weighted by molar-refractivity contribution is -0.155. The predicted molar refractivity (Wildman–Crippen MR) is 59.7 cm³/mol. The molecule has 0 fully saturated rings. The summed E-state index contributed by atoms with van der Waals surface area (Å²) in [5, 5.41) is 9.81. The molecule has 0 aliphatic heterocycles. The Morgan fingerprint density at radius 2 is 1.94 bits per heavy atom. The van der Waals surface area contributed by atoms with Crippen molar-refractivity contribution in [2.45, 2.75) is 45.8 Å². The van der Waals surface area contributed by atoms with Crippen LogP contribution < -0.4 is 5.73 Å². The average Bonchev–Trinajstić information content (AvgIpc) is 2.12. The van der Waals surface area contributed by atoms with Gasteiger partial charge in [0.2, 0.25) is 0 Å². The maximum Gasteiger partial charge on any atom is 0.302 e. The maximum absolute atomic E-state index is 11.7. The molecule has 5 nitrogen and oxygen atoms in total. The summed E-state index contributed by atoms with van der Waals surface area (Å²) in [6, 6.07) is -0.731. The molecule has 0 amide bonds. The molecule has 0 saturated heterocycles. The van der Waals surface area contributed by atoms with E-state index >= 15 is 0 Å². The van der Waals surface area contributed by atoms with E-state index in [0.717, 1.165) is 0 Å². The van der Waals surface area contributed by atoms with E-state index in [1.54, 1.807) is 0 Å². The second-order valence-electron chi connectivity index (χ2n) is 4.65. The SMILES string of the molecule is CC(=O)OC[C@](C)(O)C(=O)[C@H](N)CC(C)C. The minimum absolute atomic E-state index is 0.267. The number of hydrogen-bond donors (Lipinski definition) is 2. The van der Waals surface area contributed by atoms with E-state index in [1.807, 2.05) is 13.8 Å². The highest BCUT2D eigenvalue weighted by atomic mass is 16.5. The lowest BCUT2D eigenvalue weighted by atomic mass is 9.91. The number of carbonyl (C=O) groups is 2. The van der Waals surface area contributed by atoms with Crippen molar-refractivity contribution in [1.82, 2.24) is 0 Å². The van der Waals surface area contributed by atoms with Gasteiger partial charge in [-0.3, -0.25) is 9.59 Å². The Labute approximate surface area is 96.0 Å². The van der Waals surface area contributed by atoms with E-state index in [1.165, 1.54) is 13.8 Å². The largest absolute Gasteiger partial charge is 0.462 e. The normalized spacial score (nSPS) is 16.7. The molecule has 0 radical (unpaired) electrons. The van der Waals surface area contributed by atoms with Crippen molar-refractivity contribution in [3.8, 4) is 0 Å². The first kappa shape index (κ1) is 15.1. The molecule has 0 aromatic carbocycles. The highest BCUT2D eigenvalue weighted by molar-refractivity contribution is 5.91. The molecular weight excluding hydrogens is 210 g/mol. The number of rotatable bonds is 6. The Morgan fingerprint density at radius 1 is 1.44 bits per heavy atom. The summed E-state index contributed by atoms with van der Waals surface area (Å²) in [5.41, 5.74) is 3.95. The Morgan fingerprint density at radius 3 is 2.31 bits per heavy atom. The average molecular weight is 231 g/mol. The highest BCUT2D eigenvalue weighted by Crippen LogP contribution is 2.13. The van der Waals surface area contributed by atoms with Gasteiger partial charge in [-0.05, 0) is 19.3 Å². The third kappa shape index (κ3) is 5.23. The summed E-state index contributed by atoms with van der Waals surface area (Å²) in [6.07, 6.45) is 0.495. The number of carbonyl (C=O) groups excluding carboxylic acids is 2. The van der Waals surface area contributed by atoms with Gasteiger partial charge >= 0.3 is 5.97 Å². The zero-order chi connectivity index (χ0) is 12.9. The molecule has 0 aliphatic carbocycles. The number of aliphatic hydroxyl groups is 1. The Kier molecular flexibility index (Phi) is 5.61. The van der Waals surface area contributed by atoms with Gasteiger partial charge in [0.05, 0.1) is 6.04 Å². The molecule has 0 unspecified atom stereocenters. The molecule has 94 valence electrons. The second kappa shape index (κ2) is 5.96. The van der Waals surface area contributed by atoms with Gasteiger partial charge in [0.1, 0.15) is 6.61 Å². The molecule has 0 aliphatic rings. The van der Waals surface area contributed by atoms with Crippen molar-refractivity contribution in [2.75, 3.05) is 6.61 Å². The smallest absolute Gasteiger partial charge is 0.302 e. The van der Waals surface area contributed by atoms with Crippen molar-refractivity contribution in [2.24, 2.45) is 11.7 Å². The highest BCUT2D eigenvalue weighted by Gasteiger charge is 2.35. The first-order chi connectivity index (χ1) is 7.16. The van der Waals surface area contributed by atoms with Gasteiger partial charge < -0.3 is 15.6 Å². The van der Waals surface area contributed by atoms with Gasteiger partial charge in [-0.25, -0.2) is 0 Å². The zero-order valence-electron chi connectivity index (χ0n) is 10.3. The van der Waals surface area contributed by atoms with Crippen molar-refractivity contribution < 1.29 is 19.4 Å². The molecule has 0 heterocycles. The number of ether oxygens (including phenoxy) is 1. The van der Waals surface area contributed by atoms with E-state index in [-0.39, 0.29) is 12.5 Å². The monoisotopic (exact) mass is 231 g/mol. The lowest BCUT2D eigenvalue weighted by Gasteiger charge is -2.25. The third-order valence-electron chi connectivity index (χ3n) is 2.15. The minimum atomic E-state index is -1.71. The summed E-state index contributed by atoms with van der Waals surface area (Å²) >= 11 is 0. The summed E-state index contributed by atoms with van der Waals surface area (Å²) in [6.45, 7) is 6.04. The summed E-state index contributed by atoms with van der Waals surface area (Å²) in [4.78, 5) is 22.3. The third-order valence-corrected chi connectivity index (χ3v) is 2.15. The topological polar surface area (TPSA) is 89.6 Å². The van der Waals surface area contributed by atoms with Gasteiger partial charge in [0, 0.05) is 6.92 Å². The van der Waals surface area contributed by atoms with Gasteiger partial charge in [-0.15, -0.1) is 0 Å². The fourth-order valence-corrected chi connectivity index (χ4v) is 1.33. The Balaban J connectivity index is 4.38. The van der Waals surface area contributed by atoms with Crippen LogP contribution in [0.15, 0.2) is 0 Å². The molecule has 2 atom stereocenters. The van der Waals surface area contributed by atoms with Gasteiger partial charge in [0.15, 0.2) is 11.4 Å². The van der Waals surface area contributed by atoms with E-state index in [9.17, 15) is 14.7 Å². The Bertz CT molecular complexity index is 261. The van der Waals surface area contributed by atoms with E-state index in [4.69, 9.17) is 5.73 Å². The second-order valence-corrected chi connectivity index (χ2v) is 4.65. The molecular formula is C11H21NO4. The molecule has 16 heavy (non-hydrogen) atoms. The number of nitrogens with two attached hydrogens (primary N) is 1. The summed E-state index contributed by atoms with van der Waals surface area (Å²) < 4.78 is 4.62. The number of esters is 1. The van der Waals surface area contributed by atoms with E-state index in [2.05, 4.69) is 4.74 Å². The molecule has 0 bridgehead atoms. The van der Waals surface area contributed by atoms with Crippen molar-refractivity contribution in [1.29, 1.82) is 0 Å². The van der Waals surface area contributed by atoms with Crippen LogP contribution in [0.2, 0.25) is 0 Å². The molecule has 0 aromatic rings. The van der Waals surface area contributed by atoms with Crippen LogP contribution in [0.1, 0.15) is 34.1 Å². The van der Waals surface area contributed by atoms with Crippen molar-refractivity contribution in [3.05, 3.63) is 0 Å². The summed E-state index contributed by atoms with van der Waals surface area (Å²) in [5.74, 6) is -0.767. The number of Topliss-reactive ketones (excluding diaryl/α,β-unsaturated/α-hetero) is 1. The van der Waals surface area contributed by atoms with Gasteiger partial charge in [0.25, 0.3) is 0 Å². The maximum atomic E-state index is 11.7. The molecule has 0 spiro atoms. The van der Waals surface area contributed by atoms with Crippen LogP contribution in [0.3, 0.4) is 0 Å². The molecule has 0 saturated carbocycles. The standard InChI is InChI=1S/C11H21NO4/c1-7(2)5-9(12)10(14)11(4,15)6-16-8(3)13/h7,9,15H,5-6,12H2,1-4H3/t9-,11+/m1/s1. The predicted octanol–water partition coefficient (Wildman–Crippen LogP) is 0.243. The van der Waals surface area contributed by atoms with Crippen LogP contribution in [0.5, 0.6) is 0 Å². The van der Waals surface area contributed by atoms with Crippen LogP contribution >= 0.6 is 0 Å².